The van der Waals surface area contributed by atoms with Gasteiger partial charge in [-0.15, -0.1) is 0 Å². The maximum Gasteiger partial charge on any atom is 0.270 e. The number of nitrogens with one attached hydrogen (secondary N) is 2. The van der Waals surface area contributed by atoms with Crippen molar-refractivity contribution in [3.63, 3.8) is 0 Å². The molecule has 3 aromatic rings. The van der Waals surface area contributed by atoms with Gasteiger partial charge in [0, 0.05) is 31.1 Å². The van der Waals surface area contributed by atoms with Crippen molar-refractivity contribution in [1.29, 1.82) is 0 Å². The Kier molecular flexibility index (Phi) is 4.02. The van der Waals surface area contributed by atoms with E-state index in [-0.39, 0.29) is 16.6 Å². The van der Waals surface area contributed by atoms with Gasteiger partial charge in [0.05, 0.1) is 12.2 Å². The van der Waals surface area contributed by atoms with Crippen LogP contribution in [0.2, 0.25) is 0 Å². The number of carbonyl (C=O) groups is 1. The second kappa shape index (κ2) is 5.91. The number of benzene rings is 1. The molecule has 6 nitrogen and oxygen atoms in total. The zero-order valence-corrected chi connectivity index (χ0v) is 13.8. The van der Waals surface area contributed by atoms with Gasteiger partial charge in [-0.1, -0.05) is 0 Å². The zero-order chi connectivity index (χ0) is 18.4. The molecule has 2 N–H and O–H groups in total. The molecule has 0 unspecified atom stereocenters. The molecule has 2 heterocycles. The van der Waals surface area contributed by atoms with Gasteiger partial charge in [-0.3, -0.25) is 14.6 Å². The maximum atomic E-state index is 14.3. The molecule has 0 fully saturated rings. The predicted molar refractivity (Wildman–Crippen MR) is 85.8 cm³/mol. The Bertz CT molecular complexity index is 941. The molecule has 132 valence electrons. The molecule has 9 heteroatoms. The van der Waals surface area contributed by atoms with Crippen molar-refractivity contribution in [3.05, 3.63) is 36.0 Å². The van der Waals surface area contributed by atoms with Crippen LogP contribution in [-0.2, 0) is 7.05 Å². The van der Waals surface area contributed by atoms with E-state index >= 15 is 0 Å². The van der Waals surface area contributed by atoms with Gasteiger partial charge in [-0.2, -0.15) is 10.2 Å². The smallest absolute Gasteiger partial charge is 0.270 e. The number of H-pyrrole nitrogens is 1. The fraction of sp³-hybridized carbons (Fsp3) is 0.312. The van der Waals surface area contributed by atoms with Crippen LogP contribution in [0.15, 0.2) is 24.5 Å². The van der Waals surface area contributed by atoms with Crippen LogP contribution in [0.3, 0.4) is 0 Å². The summed E-state index contributed by atoms with van der Waals surface area (Å²) in [6.45, 7) is 1.90. The van der Waals surface area contributed by atoms with E-state index in [1.54, 1.807) is 30.2 Å². The van der Waals surface area contributed by atoms with Crippen molar-refractivity contribution in [2.45, 2.75) is 25.8 Å². The van der Waals surface area contributed by atoms with Gasteiger partial charge in [0.15, 0.2) is 5.82 Å². The number of alkyl halides is 2. The summed E-state index contributed by atoms with van der Waals surface area (Å²) in [5, 5.41) is 12.6. The minimum absolute atomic E-state index is 0.0336. The Morgan fingerprint density at radius 2 is 2.08 bits per heavy atom. The number of halogens is 3. The maximum absolute atomic E-state index is 14.3. The van der Waals surface area contributed by atoms with Crippen molar-refractivity contribution in [1.82, 2.24) is 25.3 Å². The van der Waals surface area contributed by atoms with Gasteiger partial charge in [-0.05, 0) is 24.6 Å². The SMILES string of the molecule is C[C@H](NC(=O)c1[nH]nc2c(F)cc(-c3cnn(C)c3)cc12)C(C)(F)F. The quantitative estimate of drug-likeness (QED) is 0.759. The van der Waals surface area contributed by atoms with Crippen LogP contribution in [0, 0.1) is 5.82 Å². The highest BCUT2D eigenvalue weighted by Gasteiger charge is 2.32. The Labute approximate surface area is 141 Å². The number of fused-ring (bicyclic) bond motifs is 1. The molecule has 0 aliphatic rings. The largest absolute Gasteiger partial charge is 0.342 e. The lowest BCUT2D eigenvalue weighted by molar-refractivity contribution is -0.0108. The van der Waals surface area contributed by atoms with E-state index in [4.69, 9.17) is 0 Å². The molecule has 0 aliphatic heterocycles. The van der Waals surface area contributed by atoms with E-state index in [2.05, 4.69) is 20.6 Å². The van der Waals surface area contributed by atoms with E-state index < -0.39 is 23.7 Å². The third-order valence-electron chi connectivity index (χ3n) is 3.99. The molecule has 1 atom stereocenters. The number of amides is 1. The summed E-state index contributed by atoms with van der Waals surface area (Å²) in [5.74, 6) is -4.49. The van der Waals surface area contributed by atoms with E-state index in [9.17, 15) is 18.0 Å². The number of nitrogens with zero attached hydrogens (tertiary/aromatic N) is 3. The lowest BCUT2D eigenvalue weighted by atomic mass is 10.1. The zero-order valence-electron chi connectivity index (χ0n) is 13.8. The Morgan fingerprint density at radius 3 is 2.68 bits per heavy atom. The molecule has 0 saturated heterocycles. The fourth-order valence-corrected chi connectivity index (χ4v) is 2.38. The standard InChI is InChI=1S/C16H16F3N5O/c1-8(16(2,18)19)21-15(25)14-11-4-9(10-6-20-24(3)7-10)5-12(17)13(11)22-23-14/h4-8H,1-3H3,(H,21,25)(H,22,23)/t8-/m0/s1. The summed E-state index contributed by atoms with van der Waals surface area (Å²) in [7, 11) is 1.72. The summed E-state index contributed by atoms with van der Waals surface area (Å²) >= 11 is 0. The fourth-order valence-electron chi connectivity index (χ4n) is 2.38. The lowest BCUT2D eigenvalue weighted by Crippen LogP contribution is -2.43. The van der Waals surface area contributed by atoms with E-state index in [1.807, 2.05) is 0 Å². The van der Waals surface area contributed by atoms with Crippen molar-refractivity contribution >= 4 is 16.8 Å². The molecule has 0 bridgehead atoms. The van der Waals surface area contributed by atoms with Crippen LogP contribution in [0.1, 0.15) is 24.3 Å². The van der Waals surface area contributed by atoms with E-state index in [0.29, 0.717) is 18.1 Å². The first kappa shape index (κ1) is 17.0. The summed E-state index contributed by atoms with van der Waals surface area (Å²) in [5.41, 5.74) is 1.05. The highest BCUT2D eigenvalue weighted by molar-refractivity contribution is 6.05. The minimum Gasteiger partial charge on any atom is -0.342 e. The highest BCUT2D eigenvalue weighted by atomic mass is 19.3. The van der Waals surface area contributed by atoms with Crippen molar-refractivity contribution in [2.75, 3.05) is 0 Å². The van der Waals surface area contributed by atoms with Gasteiger partial charge in [0.25, 0.3) is 11.8 Å². The molecular weight excluding hydrogens is 335 g/mol. The molecule has 1 aromatic carbocycles. The predicted octanol–water partition coefficient (Wildman–Crippen LogP) is 2.88. The molecule has 25 heavy (non-hydrogen) atoms. The van der Waals surface area contributed by atoms with Crippen LogP contribution >= 0.6 is 0 Å². The number of hydrogen-bond donors (Lipinski definition) is 2. The first-order valence-corrected chi connectivity index (χ1v) is 7.52. The molecule has 3 rings (SSSR count). The average Bonchev–Trinajstić information content (AvgIpc) is 3.12. The van der Waals surface area contributed by atoms with Gasteiger partial charge >= 0.3 is 0 Å². The number of hydrogen-bond acceptors (Lipinski definition) is 3. The monoisotopic (exact) mass is 351 g/mol. The summed E-state index contributed by atoms with van der Waals surface area (Å²) < 4.78 is 42.4. The molecule has 1 amide bonds. The average molecular weight is 351 g/mol. The summed E-state index contributed by atoms with van der Waals surface area (Å²) in [6.07, 6.45) is 3.25. The molecular formula is C16H16F3N5O. The van der Waals surface area contributed by atoms with Crippen LogP contribution in [0.25, 0.3) is 22.0 Å². The third-order valence-corrected chi connectivity index (χ3v) is 3.99. The van der Waals surface area contributed by atoms with Gasteiger partial charge in [-0.25, -0.2) is 13.2 Å². The number of aromatic amines is 1. The van der Waals surface area contributed by atoms with Gasteiger partial charge < -0.3 is 5.32 Å². The molecule has 0 aliphatic carbocycles. The second-order valence-corrected chi connectivity index (χ2v) is 6.01. The minimum atomic E-state index is -3.09. The molecule has 0 radical (unpaired) electrons. The van der Waals surface area contributed by atoms with Crippen LogP contribution in [-0.4, -0.2) is 37.8 Å². The number of aryl methyl sites for hydroxylation is 1. The van der Waals surface area contributed by atoms with Crippen LogP contribution in [0.5, 0.6) is 0 Å². The summed E-state index contributed by atoms with van der Waals surface area (Å²) in [6, 6.07) is 1.47. The van der Waals surface area contributed by atoms with E-state index in [1.165, 1.54) is 13.0 Å². The normalized spacial score (nSPS) is 13.2. The van der Waals surface area contributed by atoms with Gasteiger partial charge in [0.1, 0.15) is 11.2 Å². The summed E-state index contributed by atoms with van der Waals surface area (Å²) in [4.78, 5) is 12.3. The van der Waals surface area contributed by atoms with Crippen molar-refractivity contribution in [2.24, 2.45) is 7.05 Å². The van der Waals surface area contributed by atoms with E-state index in [0.717, 1.165) is 0 Å². The number of aromatic nitrogens is 4. The Hall–Kier alpha value is -2.84. The van der Waals surface area contributed by atoms with Gasteiger partial charge in [0.2, 0.25) is 0 Å². The van der Waals surface area contributed by atoms with Crippen molar-refractivity contribution < 1.29 is 18.0 Å². The second-order valence-electron chi connectivity index (χ2n) is 6.01. The Balaban J connectivity index is 2.02. The lowest BCUT2D eigenvalue weighted by Gasteiger charge is -2.20. The first-order valence-electron chi connectivity index (χ1n) is 7.52. The molecule has 0 saturated carbocycles. The molecule has 2 aromatic heterocycles. The third kappa shape index (κ3) is 3.21. The van der Waals surface area contributed by atoms with Crippen LogP contribution < -0.4 is 5.32 Å². The number of rotatable bonds is 4. The van der Waals surface area contributed by atoms with Crippen molar-refractivity contribution in [3.8, 4) is 11.1 Å². The van der Waals surface area contributed by atoms with Crippen LogP contribution in [0.4, 0.5) is 13.2 Å². The number of carbonyl (C=O) groups excluding carboxylic acids is 1. The topological polar surface area (TPSA) is 75.6 Å². The Morgan fingerprint density at radius 1 is 1.36 bits per heavy atom. The highest BCUT2D eigenvalue weighted by Crippen LogP contribution is 2.28. The first-order chi connectivity index (χ1) is 11.7. The molecule has 0 spiro atoms.